The standard InChI is InChI=1S/C93H160O16P2/c1-4-7-10-13-16-19-22-25-27-29-31-33-35-37-39-40-41-42-43-44-45-46-48-50-51-53-55-57-59-62-64-67-70-73-76-79-91(96)103-82-88(94)83-105-110(99,100)106-84-89(95)85-107-111(101,102)108-87-90(109-93(98)81-78-75-72-69-66-61-24-21-18-15-12-9-6-3)86-104-92(97)80-77-74-71-68-65-63-60-58-56-54-52-49-47-38-36-34-32-30-28-26-23-20-17-14-11-8-5-2/h7-8,10-11,16-17,19-20,25-28,31-34,37-39,41-42,47,52,54,88-90,94-95H,4-6,9,12-15,18,21-24,29-30,35-36,40,43-46,48-51,53,55-87H2,1-3H3,(H,99,100)(H,101,102)/b10-7-,11-8-,19-16-,20-17-,27-25-,28-26-,33-31-,34-32-,39-37-,42-41-,47-38-,54-52-. The fourth-order valence-electron chi connectivity index (χ4n) is 11.9. The number of allylic oxidation sites excluding steroid dienone is 24. The molecule has 0 aromatic carbocycles. The lowest BCUT2D eigenvalue weighted by Crippen LogP contribution is -2.30. The Morgan fingerprint density at radius 3 is 0.757 bits per heavy atom. The van der Waals surface area contributed by atoms with Gasteiger partial charge in [-0.2, -0.15) is 0 Å². The van der Waals surface area contributed by atoms with Gasteiger partial charge in [-0.3, -0.25) is 32.5 Å². The number of rotatable bonds is 83. The summed E-state index contributed by atoms with van der Waals surface area (Å²) in [6.45, 7) is 2.48. The molecule has 0 spiro atoms. The highest BCUT2D eigenvalue weighted by Crippen LogP contribution is 2.45. The molecule has 0 rings (SSSR count). The highest BCUT2D eigenvalue weighted by Gasteiger charge is 2.29. The summed E-state index contributed by atoms with van der Waals surface area (Å²) in [6, 6.07) is 0. The van der Waals surface area contributed by atoms with Gasteiger partial charge in [0.05, 0.1) is 26.4 Å². The molecule has 0 aromatic heterocycles. The highest BCUT2D eigenvalue weighted by atomic mass is 31.2. The molecule has 0 aliphatic carbocycles. The Kier molecular flexibility index (Phi) is 81.3. The van der Waals surface area contributed by atoms with Crippen molar-refractivity contribution in [3.8, 4) is 0 Å². The van der Waals surface area contributed by atoms with Crippen LogP contribution in [0.4, 0.5) is 0 Å². The third-order valence-electron chi connectivity index (χ3n) is 18.6. The molecule has 0 aliphatic heterocycles. The van der Waals surface area contributed by atoms with Crippen LogP contribution in [-0.2, 0) is 55.8 Å². The van der Waals surface area contributed by atoms with Crippen LogP contribution in [0.1, 0.15) is 367 Å². The zero-order chi connectivity index (χ0) is 80.8. The second kappa shape index (κ2) is 84.8. The summed E-state index contributed by atoms with van der Waals surface area (Å²) < 4.78 is 61.3. The summed E-state index contributed by atoms with van der Waals surface area (Å²) in [4.78, 5) is 58.8. The average Bonchev–Trinajstić information content (AvgIpc) is 0.903. The third kappa shape index (κ3) is 86.1. The Balaban J connectivity index is 4.41. The van der Waals surface area contributed by atoms with Gasteiger partial charge in [0.1, 0.15) is 25.4 Å². The maximum absolute atomic E-state index is 13.0. The number of hydrogen-bond donors (Lipinski definition) is 4. The third-order valence-corrected chi connectivity index (χ3v) is 20.5. The molecule has 0 radical (unpaired) electrons. The number of carbonyl (C=O) groups is 3. The van der Waals surface area contributed by atoms with Crippen LogP contribution in [-0.4, -0.2) is 95.9 Å². The number of carbonyl (C=O) groups excluding carboxylic acids is 3. The van der Waals surface area contributed by atoms with Gasteiger partial charge >= 0.3 is 33.6 Å². The molecule has 0 aromatic rings. The van der Waals surface area contributed by atoms with Gasteiger partial charge in [-0.05, 0) is 122 Å². The van der Waals surface area contributed by atoms with Crippen LogP contribution in [0.5, 0.6) is 0 Å². The summed E-state index contributed by atoms with van der Waals surface area (Å²) >= 11 is 0. The van der Waals surface area contributed by atoms with E-state index in [4.69, 9.17) is 32.3 Å². The lowest BCUT2D eigenvalue weighted by Gasteiger charge is -2.21. The van der Waals surface area contributed by atoms with Gasteiger partial charge in [0.25, 0.3) is 0 Å². The van der Waals surface area contributed by atoms with Crippen LogP contribution in [0.25, 0.3) is 0 Å². The summed E-state index contributed by atoms with van der Waals surface area (Å²) in [5.74, 6) is -1.57. The number of hydrogen-bond acceptors (Lipinski definition) is 14. The molecule has 638 valence electrons. The maximum atomic E-state index is 13.0. The van der Waals surface area contributed by atoms with E-state index in [-0.39, 0.29) is 19.3 Å². The Bertz CT molecular complexity index is 2600. The molecule has 0 aliphatic rings. The minimum Gasteiger partial charge on any atom is -0.463 e. The Hall–Kier alpha value is -4.57. The van der Waals surface area contributed by atoms with Crippen LogP contribution in [0.15, 0.2) is 146 Å². The first kappa shape index (κ1) is 106. The lowest BCUT2D eigenvalue weighted by molar-refractivity contribution is -0.161. The van der Waals surface area contributed by atoms with E-state index in [1.807, 2.05) is 0 Å². The number of phosphoric ester groups is 2. The molecule has 111 heavy (non-hydrogen) atoms. The molecule has 0 bridgehead atoms. The highest BCUT2D eigenvalue weighted by molar-refractivity contribution is 7.47. The van der Waals surface area contributed by atoms with E-state index >= 15 is 0 Å². The number of unbranched alkanes of at least 4 members (excludes halogenated alkanes) is 36. The zero-order valence-electron chi connectivity index (χ0n) is 70.1. The van der Waals surface area contributed by atoms with Crippen LogP contribution in [0, 0.1) is 0 Å². The second-order valence-electron chi connectivity index (χ2n) is 29.3. The molecule has 4 N–H and O–H groups in total. The molecular weight excluding hydrogens is 1430 g/mol. The van der Waals surface area contributed by atoms with Crippen molar-refractivity contribution in [2.24, 2.45) is 0 Å². The molecule has 0 fully saturated rings. The van der Waals surface area contributed by atoms with Gasteiger partial charge in [0.2, 0.25) is 0 Å². The van der Waals surface area contributed by atoms with Gasteiger partial charge in [-0.1, -0.05) is 372 Å². The summed E-state index contributed by atoms with van der Waals surface area (Å²) in [6.07, 6.45) is 106. The van der Waals surface area contributed by atoms with Gasteiger partial charge in [-0.25, -0.2) is 9.13 Å². The van der Waals surface area contributed by atoms with E-state index in [1.165, 1.54) is 154 Å². The monoisotopic (exact) mass is 1600 g/mol. The molecule has 5 unspecified atom stereocenters. The second-order valence-corrected chi connectivity index (χ2v) is 32.2. The molecule has 0 saturated carbocycles. The first-order valence-electron chi connectivity index (χ1n) is 44.1. The van der Waals surface area contributed by atoms with Crippen LogP contribution in [0.2, 0.25) is 0 Å². The number of aliphatic hydroxyl groups excluding tert-OH is 2. The van der Waals surface area contributed by atoms with E-state index < -0.39 is 91.5 Å². The average molecular weight is 1600 g/mol. The molecule has 5 atom stereocenters. The lowest BCUT2D eigenvalue weighted by atomic mass is 10.0. The van der Waals surface area contributed by atoms with Gasteiger partial charge < -0.3 is 34.2 Å². The quantitative estimate of drug-likeness (QED) is 0.0146. The summed E-state index contributed by atoms with van der Waals surface area (Å²) in [5.41, 5.74) is 0. The smallest absolute Gasteiger partial charge is 0.463 e. The summed E-state index contributed by atoms with van der Waals surface area (Å²) in [5, 5.41) is 20.7. The fraction of sp³-hybridized carbons (Fsp3) is 0.710. The van der Waals surface area contributed by atoms with Crippen molar-refractivity contribution >= 4 is 33.6 Å². The molecular formula is C93H160O16P2. The van der Waals surface area contributed by atoms with Crippen LogP contribution in [0.3, 0.4) is 0 Å². The largest absolute Gasteiger partial charge is 0.472 e. The zero-order valence-corrected chi connectivity index (χ0v) is 71.9. The molecule has 16 nitrogen and oxygen atoms in total. The Morgan fingerprint density at radius 1 is 0.261 bits per heavy atom. The van der Waals surface area contributed by atoms with Crippen molar-refractivity contribution in [3.63, 3.8) is 0 Å². The predicted octanol–water partition coefficient (Wildman–Crippen LogP) is 26.8. The van der Waals surface area contributed by atoms with Gasteiger partial charge in [-0.15, -0.1) is 0 Å². The topological polar surface area (TPSA) is 231 Å². The van der Waals surface area contributed by atoms with Crippen molar-refractivity contribution in [1.29, 1.82) is 0 Å². The van der Waals surface area contributed by atoms with E-state index in [1.54, 1.807) is 0 Å². The molecule has 0 heterocycles. The van der Waals surface area contributed by atoms with Crippen molar-refractivity contribution in [1.82, 2.24) is 0 Å². The van der Waals surface area contributed by atoms with E-state index in [9.17, 15) is 43.5 Å². The normalized spacial score (nSPS) is 14.5. The maximum Gasteiger partial charge on any atom is 0.472 e. The SMILES string of the molecule is CC/C=C\C/C=C\C/C=C\C/C=C\C/C=C\C/C=C\CCCCCCCCCCCCCCCCCCC(=O)OCC(O)COP(=O)(O)OCC(O)COP(=O)(O)OCC(COC(=O)CCCCCCCCCC/C=C\C/C=C\C/C=C\C/C=C\C/C=C\C/C=C\CC)OC(=O)CCCCCCCCCCCCCCC. The van der Waals surface area contributed by atoms with Gasteiger partial charge in [0, 0.05) is 19.3 Å². The fourth-order valence-corrected chi connectivity index (χ4v) is 13.5. The van der Waals surface area contributed by atoms with E-state index in [0.29, 0.717) is 19.3 Å². The van der Waals surface area contributed by atoms with E-state index in [0.717, 1.165) is 154 Å². The minimum absolute atomic E-state index is 0.104. The van der Waals surface area contributed by atoms with Crippen LogP contribution >= 0.6 is 15.6 Å². The molecule has 18 heteroatoms. The number of aliphatic hydroxyl groups is 2. The molecule has 0 amide bonds. The molecule has 0 saturated heterocycles. The first-order chi connectivity index (χ1) is 54.2. The Morgan fingerprint density at radius 2 is 0.477 bits per heavy atom. The van der Waals surface area contributed by atoms with Crippen LogP contribution < -0.4 is 0 Å². The number of phosphoric acid groups is 2. The van der Waals surface area contributed by atoms with Crippen molar-refractivity contribution < 1.29 is 75.8 Å². The summed E-state index contributed by atoms with van der Waals surface area (Å²) in [7, 11) is -9.79. The number of esters is 3. The van der Waals surface area contributed by atoms with Crippen molar-refractivity contribution in [2.75, 3.05) is 39.6 Å². The minimum atomic E-state index is -4.93. The van der Waals surface area contributed by atoms with Crippen molar-refractivity contribution in [3.05, 3.63) is 146 Å². The predicted molar refractivity (Wildman–Crippen MR) is 463 cm³/mol. The van der Waals surface area contributed by atoms with E-state index in [2.05, 4.69) is 167 Å². The number of ether oxygens (including phenoxy) is 3. The van der Waals surface area contributed by atoms with Gasteiger partial charge in [0.15, 0.2) is 6.10 Å². The Labute approximate surface area is 677 Å². The van der Waals surface area contributed by atoms with Crippen molar-refractivity contribution in [2.45, 2.75) is 386 Å². The first-order valence-corrected chi connectivity index (χ1v) is 47.1.